The third-order valence-corrected chi connectivity index (χ3v) is 6.43. The number of methoxy groups -OCH3 is 1. The van der Waals surface area contributed by atoms with E-state index in [2.05, 4.69) is 20.7 Å². The average Bonchev–Trinajstić information content (AvgIpc) is 2.47. The van der Waals surface area contributed by atoms with Crippen LogP contribution in [0.25, 0.3) is 0 Å². The van der Waals surface area contributed by atoms with Gasteiger partial charge >= 0.3 is 0 Å². The fourth-order valence-electron chi connectivity index (χ4n) is 2.72. The van der Waals surface area contributed by atoms with Crippen molar-refractivity contribution in [3.63, 3.8) is 0 Å². The Balaban J connectivity index is 0.00000242. The summed E-state index contributed by atoms with van der Waals surface area (Å²) < 4.78 is 33.7. The third-order valence-electron chi connectivity index (χ3n) is 3.95. The van der Waals surface area contributed by atoms with Gasteiger partial charge in [-0.3, -0.25) is 0 Å². The fraction of sp³-hybridized carbons (Fsp3) is 0.571. The van der Waals surface area contributed by atoms with E-state index in [0.717, 1.165) is 25.7 Å². The van der Waals surface area contributed by atoms with Gasteiger partial charge in [0.15, 0.2) is 0 Å². The van der Waals surface area contributed by atoms with E-state index in [-0.39, 0.29) is 29.3 Å². The summed E-state index contributed by atoms with van der Waals surface area (Å²) in [4.78, 5) is 0.197. The summed E-state index contributed by atoms with van der Waals surface area (Å²) in [6.45, 7) is 0.506. The summed E-state index contributed by atoms with van der Waals surface area (Å²) in [5.74, 6) is 0.718. The second kappa shape index (κ2) is 8.49. The van der Waals surface area contributed by atoms with Crippen LogP contribution in [0, 0.1) is 5.92 Å². The summed E-state index contributed by atoms with van der Waals surface area (Å²) in [5.41, 5.74) is 5.76. The van der Waals surface area contributed by atoms with Gasteiger partial charge in [-0.25, -0.2) is 13.1 Å². The van der Waals surface area contributed by atoms with Gasteiger partial charge in [-0.2, -0.15) is 0 Å². The van der Waals surface area contributed by atoms with Crippen molar-refractivity contribution in [2.75, 3.05) is 13.7 Å². The molecule has 1 aliphatic rings. The van der Waals surface area contributed by atoms with Crippen LogP contribution in [0.2, 0.25) is 0 Å². The molecule has 3 N–H and O–H groups in total. The summed E-state index contributed by atoms with van der Waals surface area (Å²) in [6, 6.07) is 4.82. The highest BCUT2D eigenvalue weighted by Crippen LogP contribution is 2.29. The van der Waals surface area contributed by atoms with E-state index in [1.165, 1.54) is 13.2 Å². The molecule has 2 atom stereocenters. The first kappa shape index (κ1) is 19.7. The van der Waals surface area contributed by atoms with Gasteiger partial charge in [0.05, 0.1) is 12.0 Å². The van der Waals surface area contributed by atoms with Gasteiger partial charge in [0.25, 0.3) is 0 Å². The standard InChI is InChI=1S/C14H21BrN2O3S.ClH/c1-20-11-6-7-12(15)14(8-11)21(18,19)17-13-5-3-2-4-10(13)9-16;/h6-8,10,13,17H,2-5,9,16H2,1H3;1H. The minimum atomic E-state index is -3.60. The van der Waals surface area contributed by atoms with E-state index >= 15 is 0 Å². The molecule has 2 unspecified atom stereocenters. The van der Waals surface area contributed by atoms with Crippen LogP contribution >= 0.6 is 28.3 Å². The number of sulfonamides is 1. The van der Waals surface area contributed by atoms with Crippen LogP contribution in [0.4, 0.5) is 0 Å². The Morgan fingerprint density at radius 1 is 1.36 bits per heavy atom. The van der Waals surface area contributed by atoms with E-state index in [9.17, 15) is 8.42 Å². The van der Waals surface area contributed by atoms with Gasteiger partial charge in [0, 0.05) is 16.6 Å². The smallest absolute Gasteiger partial charge is 0.242 e. The molecule has 1 aromatic carbocycles. The first-order valence-electron chi connectivity index (χ1n) is 7.04. The molecule has 5 nitrogen and oxygen atoms in total. The zero-order valence-electron chi connectivity index (χ0n) is 12.4. The molecule has 1 saturated carbocycles. The van der Waals surface area contributed by atoms with Crippen LogP contribution in [0.5, 0.6) is 5.75 Å². The highest BCUT2D eigenvalue weighted by molar-refractivity contribution is 9.10. The number of nitrogens with one attached hydrogen (secondary N) is 1. The average molecular weight is 414 g/mol. The predicted octanol–water partition coefficient (Wildman–Crippen LogP) is 2.68. The minimum absolute atomic E-state index is 0. The number of hydrogen-bond acceptors (Lipinski definition) is 4. The van der Waals surface area contributed by atoms with E-state index in [1.54, 1.807) is 12.1 Å². The largest absolute Gasteiger partial charge is 0.497 e. The van der Waals surface area contributed by atoms with Crippen molar-refractivity contribution in [1.29, 1.82) is 0 Å². The molecule has 0 aliphatic heterocycles. The Labute approximate surface area is 146 Å². The normalized spacial score (nSPS) is 22.0. The molecule has 0 aromatic heterocycles. The molecule has 1 aromatic rings. The van der Waals surface area contributed by atoms with E-state index in [1.807, 2.05) is 0 Å². The number of rotatable bonds is 5. The maximum absolute atomic E-state index is 12.6. The molecule has 0 heterocycles. The number of ether oxygens (including phenoxy) is 1. The second-order valence-electron chi connectivity index (χ2n) is 5.30. The highest BCUT2D eigenvalue weighted by Gasteiger charge is 2.29. The summed E-state index contributed by atoms with van der Waals surface area (Å²) in [5, 5.41) is 0. The second-order valence-corrected chi connectivity index (χ2v) is 7.84. The Hall–Kier alpha value is -0.340. The quantitative estimate of drug-likeness (QED) is 0.777. The van der Waals surface area contributed by atoms with Gasteiger partial charge < -0.3 is 10.5 Å². The Kier molecular flexibility index (Phi) is 7.61. The number of halogens is 2. The molecular formula is C14H22BrClN2O3S. The van der Waals surface area contributed by atoms with Gasteiger partial charge in [-0.15, -0.1) is 12.4 Å². The van der Waals surface area contributed by atoms with Gasteiger partial charge in [0.1, 0.15) is 5.75 Å². The number of benzene rings is 1. The van der Waals surface area contributed by atoms with Gasteiger partial charge in [-0.05, 0) is 53.4 Å². The van der Waals surface area contributed by atoms with E-state index in [4.69, 9.17) is 10.5 Å². The Morgan fingerprint density at radius 3 is 2.68 bits per heavy atom. The van der Waals surface area contributed by atoms with Crippen LogP contribution in [0.15, 0.2) is 27.6 Å². The molecule has 1 fully saturated rings. The Bertz CT molecular complexity index is 598. The third kappa shape index (κ3) is 4.58. The molecule has 0 spiro atoms. The topological polar surface area (TPSA) is 81.4 Å². The van der Waals surface area contributed by atoms with Crippen LogP contribution in [0.3, 0.4) is 0 Å². The molecule has 2 rings (SSSR count). The molecular weight excluding hydrogens is 392 g/mol. The lowest BCUT2D eigenvalue weighted by atomic mass is 9.85. The number of nitrogens with two attached hydrogens (primary N) is 1. The number of hydrogen-bond donors (Lipinski definition) is 2. The van der Waals surface area contributed by atoms with Crippen molar-refractivity contribution in [1.82, 2.24) is 4.72 Å². The van der Waals surface area contributed by atoms with Crippen molar-refractivity contribution < 1.29 is 13.2 Å². The maximum atomic E-state index is 12.6. The fourth-order valence-corrected chi connectivity index (χ4v) is 5.04. The van der Waals surface area contributed by atoms with Crippen molar-refractivity contribution >= 4 is 38.4 Å². The van der Waals surface area contributed by atoms with Crippen molar-refractivity contribution in [2.24, 2.45) is 11.7 Å². The predicted molar refractivity (Wildman–Crippen MR) is 93.1 cm³/mol. The van der Waals surface area contributed by atoms with Crippen molar-refractivity contribution in [3.05, 3.63) is 22.7 Å². The molecule has 0 saturated heterocycles. The first-order valence-corrected chi connectivity index (χ1v) is 9.31. The Morgan fingerprint density at radius 2 is 2.05 bits per heavy atom. The summed E-state index contributed by atoms with van der Waals surface area (Å²) >= 11 is 3.29. The van der Waals surface area contributed by atoms with E-state index < -0.39 is 10.0 Å². The molecule has 126 valence electrons. The zero-order chi connectivity index (χ0) is 15.5. The molecule has 1 aliphatic carbocycles. The first-order chi connectivity index (χ1) is 9.97. The molecule has 22 heavy (non-hydrogen) atoms. The lowest BCUT2D eigenvalue weighted by molar-refractivity contribution is 0.296. The summed E-state index contributed by atoms with van der Waals surface area (Å²) in [6.07, 6.45) is 3.96. The molecule has 0 radical (unpaired) electrons. The van der Waals surface area contributed by atoms with Crippen LogP contribution in [0.1, 0.15) is 25.7 Å². The maximum Gasteiger partial charge on any atom is 0.242 e. The lowest BCUT2D eigenvalue weighted by Gasteiger charge is -2.31. The van der Waals surface area contributed by atoms with Crippen molar-refractivity contribution in [2.45, 2.75) is 36.6 Å². The summed E-state index contributed by atoms with van der Waals surface area (Å²) in [7, 11) is -2.09. The lowest BCUT2D eigenvalue weighted by Crippen LogP contribution is -2.44. The van der Waals surface area contributed by atoms with Crippen molar-refractivity contribution in [3.8, 4) is 5.75 Å². The van der Waals surface area contributed by atoms with E-state index in [0.29, 0.717) is 16.8 Å². The minimum Gasteiger partial charge on any atom is -0.497 e. The van der Waals surface area contributed by atoms with Gasteiger partial charge in [0.2, 0.25) is 10.0 Å². The molecule has 0 bridgehead atoms. The van der Waals surface area contributed by atoms with Crippen LogP contribution in [-0.2, 0) is 10.0 Å². The van der Waals surface area contributed by atoms with Gasteiger partial charge in [-0.1, -0.05) is 12.8 Å². The zero-order valence-corrected chi connectivity index (χ0v) is 15.6. The van der Waals surface area contributed by atoms with Crippen LogP contribution < -0.4 is 15.2 Å². The molecule has 0 amide bonds. The monoisotopic (exact) mass is 412 g/mol. The molecule has 8 heteroatoms. The van der Waals surface area contributed by atoms with Crippen LogP contribution in [-0.4, -0.2) is 28.1 Å². The SMILES string of the molecule is COc1ccc(Br)c(S(=O)(=O)NC2CCCCC2CN)c1.Cl. The highest BCUT2D eigenvalue weighted by atomic mass is 79.9.